The fraction of sp³-hybridized carbons (Fsp3) is 0.375. The van der Waals surface area contributed by atoms with Crippen LogP contribution in [-0.4, -0.2) is 11.3 Å². The van der Waals surface area contributed by atoms with Gasteiger partial charge >= 0.3 is 6.36 Å². The summed E-state index contributed by atoms with van der Waals surface area (Å²) in [5, 5.41) is 0.268. The van der Waals surface area contributed by atoms with E-state index in [2.05, 4.69) is 25.7 Å². The smallest absolute Gasteiger partial charge is 0.405 e. The molecule has 0 aliphatic carbocycles. The Morgan fingerprint density at radius 2 is 2.13 bits per heavy atom. The van der Waals surface area contributed by atoms with Crippen molar-refractivity contribution in [1.82, 2.24) is 4.98 Å². The van der Waals surface area contributed by atoms with Crippen LogP contribution < -0.4 is 4.74 Å². The van der Waals surface area contributed by atoms with Gasteiger partial charge in [-0.3, -0.25) is 0 Å². The second kappa shape index (κ2) is 4.86. The van der Waals surface area contributed by atoms with Gasteiger partial charge in [0.05, 0.1) is 0 Å². The molecule has 7 heteroatoms. The lowest BCUT2D eigenvalue weighted by molar-refractivity contribution is -0.274. The van der Waals surface area contributed by atoms with Crippen LogP contribution in [0.5, 0.6) is 5.75 Å². The van der Waals surface area contributed by atoms with Crippen molar-refractivity contribution < 1.29 is 17.9 Å². The van der Waals surface area contributed by atoms with E-state index in [1.165, 1.54) is 6.07 Å². The molecule has 1 heterocycles. The minimum Gasteiger partial charge on any atom is -0.405 e. The third-order valence-electron chi connectivity index (χ3n) is 1.52. The van der Waals surface area contributed by atoms with Gasteiger partial charge in [-0.2, -0.15) is 0 Å². The monoisotopic (exact) mass is 395 g/mol. The maximum absolute atomic E-state index is 12.1. The Hall–Kier alpha value is -0.0500. The van der Waals surface area contributed by atoms with Crippen molar-refractivity contribution >= 4 is 38.5 Å². The van der Waals surface area contributed by atoms with E-state index in [0.717, 1.165) is 0 Å². The van der Waals surface area contributed by atoms with Crippen LogP contribution in [0.25, 0.3) is 0 Å². The summed E-state index contributed by atoms with van der Waals surface area (Å²) in [7, 11) is 0. The summed E-state index contributed by atoms with van der Waals surface area (Å²) in [5.41, 5.74) is 0.891. The molecule has 0 bridgehead atoms. The number of nitrogens with zero attached hydrogens (tertiary/aromatic N) is 1. The van der Waals surface area contributed by atoms with Crippen molar-refractivity contribution in [3.63, 3.8) is 0 Å². The number of aryl methyl sites for hydroxylation is 1. The maximum atomic E-state index is 12.1. The van der Waals surface area contributed by atoms with E-state index in [1.807, 2.05) is 22.6 Å². The lowest BCUT2D eigenvalue weighted by Gasteiger charge is -2.13. The topological polar surface area (TPSA) is 22.1 Å². The van der Waals surface area contributed by atoms with E-state index in [9.17, 15) is 13.2 Å². The van der Waals surface area contributed by atoms with Crippen LogP contribution in [0.2, 0.25) is 0 Å². The van der Waals surface area contributed by atoms with Gasteiger partial charge in [0.2, 0.25) is 0 Å². The van der Waals surface area contributed by atoms with Crippen LogP contribution in [0.3, 0.4) is 0 Å². The van der Waals surface area contributed by atoms with Gasteiger partial charge in [-0.15, -0.1) is 13.2 Å². The maximum Gasteiger partial charge on any atom is 0.573 e. The molecule has 1 aromatic heterocycles. The van der Waals surface area contributed by atoms with Gasteiger partial charge < -0.3 is 4.74 Å². The number of ether oxygens (including phenoxy) is 1. The molecule has 0 spiro atoms. The SMILES string of the molecule is Cc1cc(OC(F)(F)F)c(CBr)c(I)n1. The molecule has 0 unspecified atom stereocenters. The summed E-state index contributed by atoms with van der Waals surface area (Å²) in [6.07, 6.45) is -4.67. The van der Waals surface area contributed by atoms with Crippen molar-refractivity contribution in [1.29, 1.82) is 0 Å². The van der Waals surface area contributed by atoms with Crippen LogP contribution in [0, 0.1) is 10.6 Å². The van der Waals surface area contributed by atoms with E-state index in [-0.39, 0.29) is 11.1 Å². The first kappa shape index (κ1) is 13.0. The van der Waals surface area contributed by atoms with Crippen LogP contribution in [0.1, 0.15) is 11.3 Å². The average molecular weight is 396 g/mol. The zero-order chi connectivity index (χ0) is 11.6. The molecule has 0 aliphatic rings. The molecule has 0 saturated heterocycles. The normalized spacial score (nSPS) is 11.6. The molecule has 0 aromatic carbocycles. The summed E-state index contributed by atoms with van der Waals surface area (Å²) >= 11 is 4.97. The van der Waals surface area contributed by atoms with E-state index in [1.54, 1.807) is 6.92 Å². The Morgan fingerprint density at radius 1 is 1.53 bits per heavy atom. The van der Waals surface area contributed by atoms with E-state index >= 15 is 0 Å². The average Bonchev–Trinajstić information content (AvgIpc) is 1.99. The summed E-state index contributed by atoms with van der Waals surface area (Å²) in [6.45, 7) is 1.61. The largest absolute Gasteiger partial charge is 0.573 e. The number of halogens is 5. The molecule has 0 fully saturated rings. The zero-order valence-corrected chi connectivity index (χ0v) is 11.3. The standard InChI is InChI=1S/C8H6BrF3INO/c1-4-2-6(15-8(10,11)12)5(3-9)7(13)14-4/h2H,3H2,1H3. The van der Waals surface area contributed by atoms with Crippen molar-refractivity contribution in [2.45, 2.75) is 18.6 Å². The number of aromatic nitrogens is 1. The molecule has 0 aliphatic heterocycles. The van der Waals surface area contributed by atoms with Crippen LogP contribution in [0.15, 0.2) is 6.07 Å². The molecule has 0 N–H and O–H groups in total. The molecule has 0 amide bonds. The lowest BCUT2D eigenvalue weighted by atomic mass is 10.2. The third kappa shape index (κ3) is 3.78. The van der Waals surface area contributed by atoms with Crippen LogP contribution >= 0.6 is 38.5 Å². The molecular weight excluding hydrogens is 390 g/mol. The van der Waals surface area contributed by atoms with Gasteiger partial charge in [-0.1, -0.05) is 15.9 Å². The van der Waals surface area contributed by atoms with Gasteiger partial charge in [-0.25, -0.2) is 4.98 Å². The fourth-order valence-corrected chi connectivity index (χ4v) is 2.87. The van der Waals surface area contributed by atoms with Crippen LogP contribution in [-0.2, 0) is 5.33 Å². The Balaban J connectivity index is 3.15. The summed E-state index contributed by atoms with van der Waals surface area (Å²) < 4.78 is 40.6. The fourth-order valence-electron chi connectivity index (χ4n) is 0.970. The highest BCUT2D eigenvalue weighted by molar-refractivity contribution is 14.1. The Labute approximate surface area is 106 Å². The van der Waals surface area contributed by atoms with Crippen molar-refractivity contribution in [3.05, 3.63) is 21.0 Å². The highest BCUT2D eigenvalue weighted by Crippen LogP contribution is 2.30. The Kier molecular flexibility index (Phi) is 4.21. The minimum atomic E-state index is -4.67. The number of alkyl halides is 4. The summed E-state index contributed by atoms with van der Waals surface area (Å²) in [5.74, 6) is -0.198. The van der Waals surface area contributed by atoms with Crippen molar-refractivity contribution in [3.8, 4) is 5.75 Å². The molecule has 84 valence electrons. The molecule has 0 saturated carbocycles. The summed E-state index contributed by atoms with van der Waals surface area (Å²) in [6, 6.07) is 1.27. The third-order valence-corrected chi connectivity index (χ3v) is 2.97. The molecule has 1 aromatic rings. The van der Waals surface area contributed by atoms with E-state index in [4.69, 9.17) is 0 Å². The Bertz CT molecular complexity index is 370. The molecule has 0 atom stereocenters. The second-order valence-corrected chi connectivity index (χ2v) is 4.30. The highest BCUT2D eigenvalue weighted by atomic mass is 127. The van der Waals surface area contributed by atoms with E-state index < -0.39 is 6.36 Å². The second-order valence-electron chi connectivity index (χ2n) is 2.71. The summed E-state index contributed by atoms with van der Waals surface area (Å²) in [4.78, 5) is 4.04. The predicted molar refractivity (Wildman–Crippen MR) is 61.0 cm³/mol. The van der Waals surface area contributed by atoms with Crippen molar-refractivity contribution in [2.24, 2.45) is 0 Å². The van der Waals surface area contributed by atoms with E-state index in [0.29, 0.717) is 15.0 Å². The molecule has 2 nitrogen and oxygen atoms in total. The van der Waals surface area contributed by atoms with Crippen LogP contribution in [0.4, 0.5) is 13.2 Å². The van der Waals surface area contributed by atoms with Gasteiger partial charge in [0, 0.05) is 22.7 Å². The minimum absolute atomic E-state index is 0.198. The predicted octanol–water partition coefficient (Wildman–Crippen LogP) is 3.79. The van der Waals surface area contributed by atoms with Gasteiger partial charge in [0.1, 0.15) is 9.45 Å². The van der Waals surface area contributed by atoms with Gasteiger partial charge in [0.25, 0.3) is 0 Å². The highest BCUT2D eigenvalue weighted by Gasteiger charge is 2.32. The first-order valence-corrected chi connectivity index (χ1v) is 6.01. The van der Waals surface area contributed by atoms with Gasteiger partial charge in [0.15, 0.2) is 0 Å². The first-order valence-electron chi connectivity index (χ1n) is 3.81. The number of hydrogen-bond acceptors (Lipinski definition) is 2. The Morgan fingerprint density at radius 3 is 2.60 bits per heavy atom. The molecule has 0 radical (unpaired) electrons. The molecule has 1 rings (SSSR count). The molecule has 15 heavy (non-hydrogen) atoms. The quantitative estimate of drug-likeness (QED) is 0.432. The van der Waals surface area contributed by atoms with Gasteiger partial charge in [-0.05, 0) is 29.5 Å². The lowest BCUT2D eigenvalue weighted by Crippen LogP contribution is -2.18. The first-order chi connectivity index (χ1) is 6.83. The number of pyridine rings is 1. The number of hydrogen-bond donors (Lipinski definition) is 0. The number of rotatable bonds is 2. The van der Waals surface area contributed by atoms with Crippen molar-refractivity contribution in [2.75, 3.05) is 0 Å². The zero-order valence-electron chi connectivity index (χ0n) is 7.53. The molecular formula is C8H6BrF3INO.